The number of ether oxygens (including phenoxy) is 2. The van der Waals surface area contributed by atoms with Gasteiger partial charge in [0, 0.05) is 5.69 Å². The van der Waals surface area contributed by atoms with Gasteiger partial charge >= 0.3 is 11.9 Å². The number of carbonyl (C=O) groups excluding carboxylic acids is 2. The first-order valence-corrected chi connectivity index (χ1v) is 4.47. The van der Waals surface area contributed by atoms with Crippen LogP contribution in [-0.4, -0.2) is 35.3 Å². The Bertz CT molecular complexity index is 359. The van der Waals surface area contributed by atoms with E-state index in [2.05, 4.69) is 14.9 Å². The summed E-state index contributed by atoms with van der Waals surface area (Å²) in [5.74, 6) is -1.15. The maximum absolute atomic E-state index is 11.3. The van der Waals surface area contributed by atoms with Gasteiger partial charge in [-0.3, -0.25) is 5.10 Å². The Morgan fingerprint density at radius 3 is 2.73 bits per heavy atom. The molecule has 15 heavy (non-hydrogen) atoms. The van der Waals surface area contributed by atoms with Crippen LogP contribution >= 0.6 is 0 Å². The number of hydrogen-bond acceptors (Lipinski definition) is 5. The van der Waals surface area contributed by atoms with Gasteiger partial charge in [0.15, 0.2) is 6.61 Å². The molecule has 6 nitrogen and oxygen atoms in total. The zero-order chi connectivity index (χ0) is 11.3. The molecule has 0 saturated heterocycles. The van der Waals surface area contributed by atoms with Gasteiger partial charge in [0.1, 0.15) is 5.56 Å². The van der Waals surface area contributed by atoms with E-state index in [9.17, 15) is 9.59 Å². The monoisotopic (exact) mass is 212 g/mol. The quantitative estimate of drug-likeness (QED) is 0.732. The van der Waals surface area contributed by atoms with Crippen LogP contribution in [0.3, 0.4) is 0 Å². The number of esters is 2. The van der Waals surface area contributed by atoms with E-state index in [1.807, 2.05) is 0 Å². The van der Waals surface area contributed by atoms with E-state index in [4.69, 9.17) is 4.74 Å². The Balaban J connectivity index is 2.44. The van der Waals surface area contributed by atoms with Crippen LogP contribution in [0.5, 0.6) is 0 Å². The standard InChI is InChI=1S/C9H12N2O4/c1-3-14-8(12)5-15-9(13)7-4-10-11-6(7)2/h4H,3,5H2,1-2H3,(H,10,11). The van der Waals surface area contributed by atoms with Gasteiger partial charge in [0.2, 0.25) is 0 Å². The Labute approximate surface area is 86.6 Å². The molecule has 1 heterocycles. The molecule has 0 aliphatic heterocycles. The molecule has 0 unspecified atom stereocenters. The second-order valence-corrected chi connectivity index (χ2v) is 2.79. The minimum Gasteiger partial charge on any atom is -0.463 e. The molecule has 1 aromatic rings. The van der Waals surface area contributed by atoms with Crippen molar-refractivity contribution in [2.75, 3.05) is 13.2 Å². The van der Waals surface area contributed by atoms with Crippen LogP contribution in [0.2, 0.25) is 0 Å². The third-order valence-corrected chi connectivity index (χ3v) is 1.68. The molecule has 1 rings (SSSR count). The summed E-state index contributed by atoms with van der Waals surface area (Å²) >= 11 is 0. The van der Waals surface area contributed by atoms with E-state index in [-0.39, 0.29) is 13.2 Å². The molecular weight excluding hydrogens is 200 g/mol. The van der Waals surface area contributed by atoms with Crippen molar-refractivity contribution in [2.24, 2.45) is 0 Å². The lowest BCUT2D eigenvalue weighted by molar-refractivity contribution is -0.146. The van der Waals surface area contributed by atoms with E-state index in [1.54, 1.807) is 13.8 Å². The molecule has 1 N–H and O–H groups in total. The van der Waals surface area contributed by atoms with Gasteiger partial charge in [-0.1, -0.05) is 0 Å². The highest BCUT2D eigenvalue weighted by Crippen LogP contribution is 2.04. The molecule has 6 heteroatoms. The topological polar surface area (TPSA) is 81.3 Å². The van der Waals surface area contributed by atoms with E-state index in [0.717, 1.165) is 0 Å². The number of aryl methyl sites for hydroxylation is 1. The summed E-state index contributed by atoms with van der Waals surface area (Å²) in [6, 6.07) is 0. The molecule has 0 aliphatic carbocycles. The molecule has 0 spiro atoms. The van der Waals surface area contributed by atoms with E-state index in [1.165, 1.54) is 6.20 Å². The number of carbonyl (C=O) groups is 2. The maximum Gasteiger partial charge on any atom is 0.344 e. The Hall–Kier alpha value is -1.85. The lowest BCUT2D eigenvalue weighted by Crippen LogP contribution is -2.16. The van der Waals surface area contributed by atoms with Gasteiger partial charge in [-0.25, -0.2) is 9.59 Å². The zero-order valence-electron chi connectivity index (χ0n) is 8.57. The highest BCUT2D eigenvalue weighted by atomic mass is 16.6. The van der Waals surface area contributed by atoms with Gasteiger partial charge in [0.25, 0.3) is 0 Å². The largest absolute Gasteiger partial charge is 0.463 e. The summed E-state index contributed by atoms with van der Waals surface area (Å²) in [5.41, 5.74) is 0.920. The lowest BCUT2D eigenvalue weighted by atomic mass is 10.3. The van der Waals surface area contributed by atoms with Crippen molar-refractivity contribution in [3.05, 3.63) is 17.5 Å². The molecule has 0 bridgehead atoms. The molecule has 0 fully saturated rings. The smallest absolute Gasteiger partial charge is 0.344 e. The predicted octanol–water partition coefficient (Wildman–Crippen LogP) is 0.438. The summed E-state index contributed by atoms with van der Waals surface area (Å²) in [5, 5.41) is 6.26. The van der Waals surface area contributed by atoms with Crippen molar-refractivity contribution in [1.29, 1.82) is 0 Å². The van der Waals surface area contributed by atoms with E-state index in [0.29, 0.717) is 11.3 Å². The van der Waals surface area contributed by atoms with Crippen molar-refractivity contribution >= 4 is 11.9 Å². The van der Waals surface area contributed by atoms with Crippen LogP contribution in [-0.2, 0) is 14.3 Å². The number of hydrogen-bond donors (Lipinski definition) is 1. The molecule has 0 aliphatic rings. The first-order valence-electron chi connectivity index (χ1n) is 4.47. The van der Waals surface area contributed by atoms with Crippen molar-refractivity contribution in [1.82, 2.24) is 10.2 Å². The molecular formula is C9H12N2O4. The number of nitrogens with one attached hydrogen (secondary N) is 1. The van der Waals surface area contributed by atoms with Crippen LogP contribution in [0.4, 0.5) is 0 Å². The number of aromatic amines is 1. The second kappa shape index (κ2) is 5.14. The minimum absolute atomic E-state index is 0.265. The molecule has 0 saturated carbocycles. The number of H-pyrrole nitrogens is 1. The van der Waals surface area contributed by atoms with E-state index >= 15 is 0 Å². The maximum atomic E-state index is 11.3. The summed E-state index contributed by atoms with van der Waals surface area (Å²) < 4.78 is 9.31. The van der Waals surface area contributed by atoms with Gasteiger partial charge in [-0.15, -0.1) is 0 Å². The van der Waals surface area contributed by atoms with E-state index < -0.39 is 11.9 Å². The van der Waals surface area contributed by atoms with Gasteiger partial charge in [-0.2, -0.15) is 5.10 Å². The fourth-order valence-corrected chi connectivity index (χ4v) is 0.961. The highest BCUT2D eigenvalue weighted by molar-refractivity contribution is 5.91. The van der Waals surface area contributed by atoms with Gasteiger partial charge < -0.3 is 9.47 Å². The third-order valence-electron chi connectivity index (χ3n) is 1.68. The fourth-order valence-electron chi connectivity index (χ4n) is 0.961. The molecule has 82 valence electrons. The highest BCUT2D eigenvalue weighted by Gasteiger charge is 2.14. The minimum atomic E-state index is -0.589. The normalized spacial score (nSPS) is 9.73. The zero-order valence-corrected chi connectivity index (χ0v) is 8.57. The predicted molar refractivity (Wildman–Crippen MR) is 50.2 cm³/mol. The van der Waals surface area contributed by atoms with Crippen LogP contribution in [0.25, 0.3) is 0 Å². The summed E-state index contributed by atoms with van der Waals surface area (Å²) in [6.45, 7) is 3.26. The first-order chi connectivity index (χ1) is 7.15. The van der Waals surface area contributed by atoms with Crippen LogP contribution < -0.4 is 0 Å². The lowest BCUT2D eigenvalue weighted by Gasteiger charge is -2.03. The van der Waals surface area contributed by atoms with Crippen molar-refractivity contribution in [2.45, 2.75) is 13.8 Å². The van der Waals surface area contributed by atoms with Crippen molar-refractivity contribution in [3.8, 4) is 0 Å². The molecule has 0 radical (unpaired) electrons. The fraction of sp³-hybridized carbons (Fsp3) is 0.444. The summed E-state index contributed by atoms with van der Waals surface area (Å²) in [7, 11) is 0. The average Bonchev–Trinajstić information content (AvgIpc) is 2.61. The van der Waals surface area contributed by atoms with Gasteiger partial charge in [0.05, 0.1) is 12.8 Å². The van der Waals surface area contributed by atoms with Crippen molar-refractivity contribution < 1.29 is 19.1 Å². The third kappa shape index (κ3) is 3.08. The molecule has 0 aromatic carbocycles. The number of nitrogens with zero attached hydrogens (tertiary/aromatic N) is 1. The van der Waals surface area contributed by atoms with Crippen LogP contribution in [0, 0.1) is 6.92 Å². The van der Waals surface area contributed by atoms with Crippen LogP contribution in [0.1, 0.15) is 23.0 Å². The average molecular weight is 212 g/mol. The molecule has 0 amide bonds. The van der Waals surface area contributed by atoms with Crippen molar-refractivity contribution in [3.63, 3.8) is 0 Å². The Morgan fingerprint density at radius 2 is 2.20 bits per heavy atom. The number of aromatic nitrogens is 2. The first kappa shape index (κ1) is 11.2. The second-order valence-electron chi connectivity index (χ2n) is 2.79. The SMILES string of the molecule is CCOC(=O)COC(=O)c1cn[nH]c1C. The van der Waals surface area contributed by atoms with Gasteiger partial charge in [-0.05, 0) is 13.8 Å². The summed E-state index contributed by atoms with van der Waals surface area (Å²) in [6.07, 6.45) is 1.35. The summed E-state index contributed by atoms with van der Waals surface area (Å²) in [4.78, 5) is 22.2. The molecule has 1 aromatic heterocycles. The van der Waals surface area contributed by atoms with Crippen LogP contribution in [0.15, 0.2) is 6.20 Å². The Kier molecular flexibility index (Phi) is 3.84. The Morgan fingerprint density at radius 1 is 1.47 bits per heavy atom. The number of rotatable bonds is 4. The molecule has 0 atom stereocenters.